The van der Waals surface area contributed by atoms with Crippen LogP contribution in [0.1, 0.15) is 30.0 Å². The fourth-order valence-corrected chi connectivity index (χ4v) is 8.79. The Morgan fingerprint density at radius 1 is 0.895 bits per heavy atom. The number of carbonyl (C=O) groups excluding carboxylic acids is 4. The van der Waals surface area contributed by atoms with Crippen molar-refractivity contribution in [1.82, 2.24) is 29.0 Å². The van der Waals surface area contributed by atoms with Crippen LogP contribution in [0.2, 0.25) is 0 Å². The molecule has 1 atom stereocenters. The summed E-state index contributed by atoms with van der Waals surface area (Å²) in [5.41, 5.74) is 2.78. The molecule has 3 fully saturated rings. The maximum atomic E-state index is 16.2. The Labute approximate surface area is 325 Å². The van der Waals surface area contributed by atoms with Crippen LogP contribution in [-0.4, -0.2) is 90.2 Å². The first-order valence-corrected chi connectivity index (χ1v) is 19.8. The molecule has 8 rings (SSSR count). The van der Waals surface area contributed by atoms with Crippen LogP contribution in [0.15, 0.2) is 77.6 Å². The van der Waals surface area contributed by atoms with E-state index in [1.807, 2.05) is 46.0 Å². The summed E-state index contributed by atoms with van der Waals surface area (Å²) in [6, 6.07) is 20.1. The zero-order valence-corrected chi connectivity index (χ0v) is 31.7. The highest BCUT2D eigenvalue weighted by atomic mass is 32.2. The van der Waals surface area contributed by atoms with Gasteiger partial charge in [-0.1, -0.05) is 36.4 Å². The Morgan fingerprint density at radius 3 is 2.37 bits per heavy atom. The fourth-order valence-electron chi connectivity index (χ4n) is 7.63. The molecule has 4 aromatic carbocycles. The molecule has 3 aliphatic rings. The highest BCUT2D eigenvalue weighted by Crippen LogP contribution is 2.40. The van der Waals surface area contributed by atoms with Gasteiger partial charge in [-0.25, -0.2) is 18.2 Å². The number of halogens is 1. The SMILES string of the molecule is Cn1c(=O)n(C2CCC(=O)NC2=O)c2ccc(CN3CCN(CC(=O)Nc4ccc5c(F)c(N6CC(=O)NS6(=O)=O)c(OCc6ccccc6)cc5c4)CC3)cc21. The molecule has 3 N–H and O–H groups in total. The molecule has 0 spiro atoms. The molecule has 296 valence electrons. The van der Waals surface area contributed by atoms with Crippen LogP contribution in [0.4, 0.5) is 15.8 Å². The number of carbonyl (C=O) groups is 4. The molecule has 18 heteroatoms. The molecular weight excluding hydrogens is 760 g/mol. The van der Waals surface area contributed by atoms with Gasteiger partial charge >= 0.3 is 15.9 Å². The third kappa shape index (κ3) is 7.58. The molecule has 0 bridgehead atoms. The molecule has 0 saturated carbocycles. The highest BCUT2D eigenvalue weighted by Gasteiger charge is 2.38. The minimum absolute atomic E-state index is 0.00857. The summed E-state index contributed by atoms with van der Waals surface area (Å²) in [4.78, 5) is 66.9. The zero-order valence-electron chi connectivity index (χ0n) is 30.9. The highest BCUT2D eigenvalue weighted by molar-refractivity contribution is 7.92. The number of fused-ring (bicyclic) bond motifs is 2. The van der Waals surface area contributed by atoms with E-state index in [9.17, 15) is 32.4 Å². The third-order valence-corrected chi connectivity index (χ3v) is 11.9. The Balaban J connectivity index is 0.915. The van der Waals surface area contributed by atoms with E-state index in [-0.39, 0.29) is 60.3 Å². The summed E-state index contributed by atoms with van der Waals surface area (Å²) in [6.45, 7) is 2.80. The van der Waals surface area contributed by atoms with Gasteiger partial charge in [0.2, 0.25) is 17.7 Å². The summed E-state index contributed by atoms with van der Waals surface area (Å²) in [5.74, 6) is -2.85. The molecule has 3 aliphatic heterocycles. The molecule has 4 amide bonds. The Morgan fingerprint density at radius 2 is 1.65 bits per heavy atom. The number of hydrogen-bond acceptors (Lipinski definition) is 10. The van der Waals surface area contributed by atoms with Crippen molar-refractivity contribution in [2.75, 3.05) is 48.9 Å². The van der Waals surface area contributed by atoms with Crippen LogP contribution < -0.4 is 30.1 Å². The third-order valence-electron chi connectivity index (χ3n) is 10.5. The fraction of sp³-hybridized carbons (Fsp3) is 0.308. The average Bonchev–Trinajstić information content (AvgIpc) is 3.59. The maximum absolute atomic E-state index is 16.2. The second kappa shape index (κ2) is 15.1. The number of aromatic nitrogens is 2. The van der Waals surface area contributed by atoms with Gasteiger partial charge in [-0.05, 0) is 59.3 Å². The molecule has 1 unspecified atom stereocenters. The molecule has 16 nitrogen and oxygen atoms in total. The summed E-state index contributed by atoms with van der Waals surface area (Å²) >= 11 is 0. The number of ether oxygens (including phenoxy) is 1. The molecule has 0 aliphatic carbocycles. The standard InChI is InChI=1S/C39H39FN8O8S/c1-44-31-17-25(7-10-29(31)48(39(44)53)30-11-12-33(49)42-38(30)52)20-45-13-15-46(16-14-45)21-34(50)41-27-8-9-28-26(18-27)19-32(56-23-24-5-3-2-4-6-24)37(36(28)40)47-22-35(51)43-57(47,54)55/h2-10,17-19,30H,11-16,20-23H2,1H3,(H,41,50)(H,43,51)(H,42,49,52). The molecular formula is C39H39FN8O8S. The molecule has 57 heavy (non-hydrogen) atoms. The van der Waals surface area contributed by atoms with E-state index < -0.39 is 40.4 Å². The van der Waals surface area contributed by atoms with Crippen molar-refractivity contribution in [3.05, 3.63) is 100 Å². The number of imide groups is 1. The monoisotopic (exact) mass is 798 g/mol. The van der Waals surface area contributed by atoms with Gasteiger partial charge in [-0.3, -0.25) is 43.4 Å². The van der Waals surface area contributed by atoms with Gasteiger partial charge in [0.1, 0.15) is 30.6 Å². The summed E-state index contributed by atoms with van der Waals surface area (Å²) in [5, 5.41) is 5.64. The number of nitrogens with zero attached hydrogens (tertiary/aromatic N) is 5. The van der Waals surface area contributed by atoms with Gasteiger partial charge in [0.15, 0.2) is 5.82 Å². The molecule has 4 heterocycles. The van der Waals surface area contributed by atoms with E-state index in [0.29, 0.717) is 59.1 Å². The second-order valence-corrected chi connectivity index (χ2v) is 16.0. The lowest BCUT2D eigenvalue weighted by Gasteiger charge is -2.34. The molecule has 1 aromatic heterocycles. The lowest BCUT2D eigenvalue weighted by atomic mass is 10.1. The van der Waals surface area contributed by atoms with E-state index in [1.165, 1.54) is 27.3 Å². The van der Waals surface area contributed by atoms with Gasteiger partial charge in [0.25, 0.3) is 5.91 Å². The Kier molecular flexibility index (Phi) is 10.0. The van der Waals surface area contributed by atoms with E-state index in [2.05, 4.69) is 15.5 Å². The Hall–Kier alpha value is -6.11. The van der Waals surface area contributed by atoms with Crippen LogP contribution in [0.3, 0.4) is 0 Å². The van der Waals surface area contributed by atoms with Crippen molar-refractivity contribution < 1.29 is 36.7 Å². The number of anilines is 2. The number of benzene rings is 4. The van der Waals surface area contributed by atoms with Crippen molar-refractivity contribution >= 4 is 67.0 Å². The minimum atomic E-state index is -4.34. The first-order chi connectivity index (χ1) is 27.3. The van der Waals surface area contributed by atoms with Crippen molar-refractivity contribution in [1.29, 1.82) is 0 Å². The van der Waals surface area contributed by atoms with E-state index in [0.717, 1.165) is 11.1 Å². The van der Waals surface area contributed by atoms with Crippen molar-refractivity contribution in [3.63, 3.8) is 0 Å². The van der Waals surface area contributed by atoms with Gasteiger partial charge in [0, 0.05) is 57.3 Å². The first-order valence-electron chi connectivity index (χ1n) is 18.4. The number of rotatable bonds is 10. The summed E-state index contributed by atoms with van der Waals surface area (Å²) in [6.07, 6.45) is 0.434. The zero-order chi connectivity index (χ0) is 40.0. The number of nitrogens with one attached hydrogen (secondary N) is 3. The lowest BCUT2D eigenvalue weighted by molar-refractivity contribution is -0.135. The first kappa shape index (κ1) is 37.8. The number of amides is 4. The van der Waals surface area contributed by atoms with Gasteiger partial charge < -0.3 is 10.1 Å². The number of aryl methyl sites for hydroxylation is 1. The number of piperidine rings is 1. The quantitative estimate of drug-likeness (QED) is 0.177. The summed E-state index contributed by atoms with van der Waals surface area (Å²) in [7, 11) is -2.68. The van der Waals surface area contributed by atoms with E-state index in [4.69, 9.17) is 4.74 Å². The second-order valence-electron chi connectivity index (χ2n) is 14.4. The maximum Gasteiger partial charge on any atom is 0.329 e. The topological polar surface area (TPSA) is 184 Å². The van der Waals surface area contributed by atoms with E-state index >= 15 is 4.39 Å². The molecule has 3 saturated heterocycles. The number of hydrogen-bond donors (Lipinski definition) is 3. The van der Waals surface area contributed by atoms with E-state index in [1.54, 1.807) is 25.2 Å². The van der Waals surface area contributed by atoms with Crippen LogP contribution >= 0.6 is 0 Å². The lowest BCUT2D eigenvalue weighted by Crippen LogP contribution is -2.48. The smallest absolute Gasteiger partial charge is 0.329 e. The van der Waals surface area contributed by atoms with Crippen LogP contribution in [0.25, 0.3) is 21.8 Å². The predicted molar refractivity (Wildman–Crippen MR) is 208 cm³/mol. The van der Waals surface area contributed by atoms with Crippen LogP contribution in [0, 0.1) is 5.82 Å². The molecule has 0 radical (unpaired) electrons. The van der Waals surface area contributed by atoms with Crippen molar-refractivity contribution in [2.45, 2.75) is 32.0 Å². The van der Waals surface area contributed by atoms with Gasteiger partial charge in [-0.2, -0.15) is 8.42 Å². The normalized spacial score (nSPS) is 18.9. The van der Waals surface area contributed by atoms with Gasteiger partial charge in [0.05, 0.1) is 17.6 Å². The minimum Gasteiger partial charge on any atom is -0.487 e. The van der Waals surface area contributed by atoms with Crippen LogP contribution in [0.5, 0.6) is 5.75 Å². The Bertz CT molecular complexity index is 2620. The van der Waals surface area contributed by atoms with Crippen molar-refractivity contribution in [3.8, 4) is 5.75 Å². The molecule has 5 aromatic rings. The summed E-state index contributed by atoms with van der Waals surface area (Å²) < 4.78 is 53.1. The van der Waals surface area contributed by atoms with Crippen molar-refractivity contribution in [2.24, 2.45) is 7.05 Å². The average molecular weight is 799 g/mol. The number of piperazine rings is 1. The number of imidazole rings is 1. The predicted octanol–water partition coefficient (Wildman–Crippen LogP) is 2.13. The largest absolute Gasteiger partial charge is 0.487 e. The van der Waals surface area contributed by atoms with Gasteiger partial charge in [-0.15, -0.1) is 0 Å². The van der Waals surface area contributed by atoms with Crippen LogP contribution in [-0.2, 0) is 49.6 Å².